The predicted molar refractivity (Wildman–Crippen MR) is 86.8 cm³/mol. The van der Waals surface area contributed by atoms with E-state index in [2.05, 4.69) is 52.3 Å². The molecular weight excluding hydrogens is 327 g/mol. The van der Waals surface area contributed by atoms with Crippen molar-refractivity contribution in [3.05, 3.63) is 0 Å². The van der Waals surface area contributed by atoms with Gasteiger partial charge in [-0.1, -0.05) is 0 Å². The van der Waals surface area contributed by atoms with Crippen molar-refractivity contribution in [2.24, 2.45) is 0 Å². The fourth-order valence-electron chi connectivity index (χ4n) is 4.35. The molecule has 0 aromatic carbocycles. The van der Waals surface area contributed by atoms with E-state index in [9.17, 15) is 0 Å². The molecule has 0 bridgehead atoms. The van der Waals surface area contributed by atoms with Crippen molar-refractivity contribution in [1.82, 2.24) is 3.86 Å². The second-order valence-corrected chi connectivity index (χ2v) is 45.4. The number of nitrogens with zero attached hydrogens (tertiary/aromatic N) is 1. The van der Waals surface area contributed by atoms with Gasteiger partial charge in [0.05, 0.1) is 0 Å². The standard InChI is InChI=1S/C14H35Ge2N/c1-8-15(9-2,10-3)16(11-4,12-5)17(13-6)14-7/h8-14H2,1-7H3. The second-order valence-electron chi connectivity index (χ2n) is 5.25. The van der Waals surface area contributed by atoms with E-state index >= 15 is 0 Å². The summed E-state index contributed by atoms with van der Waals surface area (Å²) in [5, 5.41) is 7.82. The Balaban J connectivity index is 5.56. The fraction of sp³-hybridized carbons (Fsp3) is 1.00. The first-order valence-corrected chi connectivity index (χ1v) is 22.7. The van der Waals surface area contributed by atoms with Crippen LogP contribution in [0.3, 0.4) is 0 Å². The predicted octanol–water partition coefficient (Wildman–Crippen LogP) is 4.90. The van der Waals surface area contributed by atoms with E-state index in [-0.39, 0.29) is 0 Å². The summed E-state index contributed by atoms with van der Waals surface area (Å²) in [6, 6.07) is 0. The average Bonchev–Trinajstić information content (AvgIpc) is 2.40. The van der Waals surface area contributed by atoms with Crippen LogP contribution < -0.4 is 0 Å². The molecule has 0 saturated carbocycles. The monoisotopic (exact) mass is 365 g/mol. The van der Waals surface area contributed by atoms with Crippen molar-refractivity contribution in [2.45, 2.75) is 74.7 Å². The number of hydrogen-bond acceptors (Lipinski definition) is 1. The molecule has 0 heterocycles. The first kappa shape index (κ1) is 18.0. The Kier molecular flexibility index (Phi) is 8.77. The van der Waals surface area contributed by atoms with Gasteiger partial charge in [-0.15, -0.1) is 0 Å². The van der Waals surface area contributed by atoms with Crippen LogP contribution >= 0.6 is 0 Å². The van der Waals surface area contributed by atoms with Gasteiger partial charge in [-0.3, -0.25) is 0 Å². The Morgan fingerprint density at radius 2 is 0.941 bits per heavy atom. The molecule has 0 aliphatic carbocycles. The Morgan fingerprint density at radius 1 is 0.588 bits per heavy atom. The molecular formula is C14H35Ge2N. The van der Waals surface area contributed by atoms with Gasteiger partial charge in [-0.05, 0) is 0 Å². The van der Waals surface area contributed by atoms with Gasteiger partial charge in [0.25, 0.3) is 0 Å². The third kappa shape index (κ3) is 3.14. The summed E-state index contributed by atoms with van der Waals surface area (Å²) in [4.78, 5) is 0. The average molecular weight is 363 g/mol. The summed E-state index contributed by atoms with van der Waals surface area (Å²) in [7, 11) is 0. The van der Waals surface area contributed by atoms with Gasteiger partial charge in [-0.2, -0.15) is 0 Å². The van der Waals surface area contributed by atoms with Crippen molar-refractivity contribution in [2.75, 3.05) is 13.1 Å². The Labute approximate surface area is 114 Å². The van der Waals surface area contributed by atoms with E-state index in [4.69, 9.17) is 0 Å². The summed E-state index contributed by atoms with van der Waals surface area (Å²) in [5.74, 6) is 0. The zero-order valence-corrected chi connectivity index (χ0v) is 17.6. The van der Waals surface area contributed by atoms with E-state index in [1.807, 2.05) is 0 Å². The van der Waals surface area contributed by atoms with Crippen LogP contribution in [0.1, 0.15) is 48.5 Å². The molecule has 0 aromatic rings. The van der Waals surface area contributed by atoms with Crippen molar-refractivity contribution in [3.8, 4) is 0 Å². The molecule has 0 spiro atoms. The van der Waals surface area contributed by atoms with Crippen LogP contribution in [0.2, 0.25) is 26.3 Å². The van der Waals surface area contributed by atoms with Crippen molar-refractivity contribution >= 4 is 22.8 Å². The number of rotatable bonds is 9. The normalized spacial score (nSPS) is 13.4. The van der Waals surface area contributed by atoms with Crippen molar-refractivity contribution < 1.29 is 0 Å². The molecule has 0 atom stereocenters. The SMILES string of the molecule is CC[N](CC)[Ge]([CH2]C)([CH2]C)[Ge]([CH2]C)([CH2]C)[CH2]C. The molecule has 0 radical (unpaired) electrons. The van der Waals surface area contributed by atoms with Gasteiger partial charge in [-0.25, -0.2) is 0 Å². The third-order valence-electron chi connectivity index (χ3n) is 5.56. The van der Waals surface area contributed by atoms with Crippen molar-refractivity contribution in [1.29, 1.82) is 0 Å². The molecule has 0 aliphatic heterocycles. The van der Waals surface area contributed by atoms with Crippen LogP contribution in [-0.4, -0.2) is 39.8 Å². The Morgan fingerprint density at radius 3 is 1.12 bits per heavy atom. The summed E-state index contributed by atoms with van der Waals surface area (Å²) >= 11 is -3.30. The molecule has 0 aromatic heterocycles. The van der Waals surface area contributed by atoms with Gasteiger partial charge in [0.1, 0.15) is 0 Å². The van der Waals surface area contributed by atoms with Crippen LogP contribution in [0, 0.1) is 0 Å². The quantitative estimate of drug-likeness (QED) is 0.527. The van der Waals surface area contributed by atoms with Crippen LogP contribution in [0.4, 0.5) is 0 Å². The molecule has 3 heteroatoms. The van der Waals surface area contributed by atoms with E-state index in [1.165, 1.54) is 13.1 Å². The number of hydrogen-bond donors (Lipinski definition) is 0. The molecule has 0 N–H and O–H groups in total. The summed E-state index contributed by atoms with van der Waals surface area (Å²) in [5.41, 5.74) is 0. The molecule has 104 valence electrons. The topological polar surface area (TPSA) is 3.24 Å². The van der Waals surface area contributed by atoms with Gasteiger partial charge >= 0.3 is 114 Å². The molecule has 17 heavy (non-hydrogen) atoms. The van der Waals surface area contributed by atoms with Crippen LogP contribution in [0.25, 0.3) is 0 Å². The molecule has 0 fully saturated rings. The first-order valence-electron chi connectivity index (χ1n) is 7.82. The molecule has 0 unspecified atom stereocenters. The zero-order chi connectivity index (χ0) is 13.5. The third-order valence-corrected chi connectivity index (χ3v) is 71.2. The fourth-order valence-corrected chi connectivity index (χ4v) is 70.3. The van der Waals surface area contributed by atoms with Gasteiger partial charge in [0, 0.05) is 0 Å². The van der Waals surface area contributed by atoms with Crippen LogP contribution in [-0.2, 0) is 0 Å². The summed E-state index contributed by atoms with van der Waals surface area (Å²) in [6.45, 7) is 20.0. The molecule has 0 rings (SSSR count). The second kappa shape index (κ2) is 8.26. The summed E-state index contributed by atoms with van der Waals surface area (Å²) in [6.07, 6.45) is 0. The van der Waals surface area contributed by atoms with E-state index in [0.717, 1.165) is 0 Å². The first-order chi connectivity index (χ1) is 8.07. The molecule has 0 saturated heterocycles. The molecule has 0 aliphatic rings. The van der Waals surface area contributed by atoms with E-state index < -0.39 is 22.8 Å². The maximum atomic E-state index is 3.00. The van der Waals surface area contributed by atoms with Gasteiger partial charge < -0.3 is 0 Å². The summed E-state index contributed by atoms with van der Waals surface area (Å²) < 4.78 is 3.00. The Hall–Kier alpha value is 1.05. The van der Waals surface area contributed by atoms with Crippen LogP contribution in [0.15, 0.2) is 0 Å². The van der Waals surface area contributed by atoms with Crippen LogP contribution in [0.5, 0.6) is 0 Å². The van der Waals surface area contributed by atoms with E-state index in [1.54, 1.807) is 26.3 Å². The zero-order valence-electron chi connectivity index (χ0n) is 13.4. The van der Waals surface area contributed by atoms with Gasteiger partial charge in [0.2, 0.25) is 0 Å². The molecule has 1 nitrogen and oxygen atoms in total. The van der Waals surface area contributed by atoms with Gasteiger partial charge in [0.15, 0.2) is 0 Å². The minimum absolute atomic E-state index is 1.31. The molecule has 0 amide bonds. The van der Waals surface area contributed by atoms with E-state index in [0.29, 0.717) is 0 Å². The minimum atomic E-state index is -1.73. The van der Waals surface area contributed by atoms with Crippen molar-refractivity contribution in [3.63, 3.8) is 0 Å². The maximum absolute atomic E-state index is 3.00. The Bertz CT molecular complexity index is 186.